The molecule has 0 saturated heterocycles. The van der Waals surface area contributed by atoms with Gasteiger partial charge in [-0.2, -0.15) is 0 Å². The molecule has 0 aliphatic rings. The first kappa shape index (κ1) is 10.2. The molecular formula is C8H17OSi. The summed E-state index contributed by atoms with van der Waals surface area (Å²) in [5, 5.41) is 0. The summed E-state index contributed by atoms with van der Waals surface area (Å²) >= 11 is 0. The van der Waals surface area contributed by atoms with Gasteiger partial charge >= 0.3 is 0 Å². The van der Waals surface area contributed by atoms with E-state index >= 15 is 0 Å². The minimum absolute atomic E-state index is 0.748. The van der Waals surface area contributed by atoms with Crippen LogP contribution in [0, 0.1) is 5.92 Å². The Morgan fingerprint density at radius 2 is 2.10 bits per heavy atom. The van der Waals surface area contributed by atoms with E-state index in [4.69, 9.17) is 4.43 Å². The van der Waals surface area contributed by atoms with E-state index in [1.165, 1.54) is 25.7 Å². The summed E-state index contributed by atoms with van der Waals surface area (Å²) in [7, 11) is 3.03. The second kappa shape index (κ2) is 7.29. The van der Waals surface area contributed by atoms with Gasteiger partial charge in [0, 0.05) is 6.61 Å². The summed E-state index contributed by atoms with van der Waals surface area (Å²) in [6, 6.07) is 0. The molecule has 10 heavy (non-hydrogen) atoms. The molecule has 2 heteroatoms. The minimum atomic E-state index is 0.748. The molecule has 0 aliphatic heterocycles. The zero-order valence-corrected chi connectivity index (χ0v) is 8.02. The quantitative estimate of drug-likeness (QED) is 0.538. The maximum atomic E-state index is 4.90. The van der Waals surface area contributed by atoms with Gasteiger partial charge in [-0.3, -0.25) is 0 Å². The first-order valence-electron chi connectivity index (χ1n) is 4.13. The Labute approximate surface area is 67.7 Å². The van der Waals surface area contributed by atoms with Gasteiger partial charge in [0.25, 0.3) is 0 Å². The summed E-state index contributed by atoms with van der Waals surface area (Å²) in [5.74, 6) is 0.748. The van der Waals surface area contributed by atoms with Gasteiger partial charge in [-0.1, -0.05) is 33.1 Å². The lowest BCUT2D eigenvalue weighted by atomic mass is 10.0. The van der Waals surface area contributed by atoms with Crippen molar-refractivity contribution < 1.29 is 4.43 Å². The zero-order chi connectivity index (χ0) is 7.82. The van der Waals surface area contributed by atoms with Crippen LogP contribution in [0.2, 0.25) is 0 Å². The standard InChI is InChI=1S/C8H17OSi/c1-3-5-6-8(4-2)7-9-10/h8H,3-7H2,1-2H3. The van der Waals surface area contributed by atoms with E-state index < -0.39 is 0 Å². The van der Waals surface area contributed by atoms with E-state index in [2.05, 4.69) is 24.3 Å². The fourth-order valence-corrected chi connectivity index (χ4v) is 1.25. The Hall–Kier alpha value is 0.177. The highest BCUT2D eigenvalue weighted by molar-refractivity contribution is 5.97. The first-order valence-corrected chi connectivity index (χ1v) is 4.54. The second-order valence-electron chi connectivity index (χ2n) is 2.73. The summed E-state index contributed by atoms with van der Waals surface area (Å²) < 4.78 is 4.90. The number of unbranched alkanes of at least 4 members (excludes halogenated alkanes) is 1. The van der Waals surface area contributed by atoms with Gasteiger partial charge < -0.3 is 4.43 Å². The SMILES string of the molecule is CCCCC(CC)CO[Si]. The molecule has 0 fully saturated rings. The van der Waals surface area contributed by atoms with Crippen molar-refractivity contribution in [2.24, 2.45) is 5.92 Å². The third-order valence-electron chi connectivity index (χ3n) is 1.86. The molecule has 1 nitrogen and oxygen atoms in total. The van der Waals surface area contributed by atoms with Crippen LogP contribution < -0.4 is 0 Å². The lowest BCUT2D eigenvalue weighted by Crippen LogP contribution is -2.06. The summed E-state index contributed by atoms with van der Waals surface area (Å²) in [4.78, 5) is 0. The molecule has 3 radical (unpaired) electrons. The van der Waals surface area contributed by atoms with Crippen molar-refractivity contribution in [3.8, 4) is 0 Å². The van der Waals surface area contributed by atoms with Crippen LogP contribution in [-0.2, 0) is 4.43 Å². The highest BCUT2D eigenvalue weighted by Gasteiger charge is 2.03. The maximum absolute atomic E-state index is 4.90. The molecule has 0 rings (SSSR count). The molecular weight excluding hydrogens is 140 g/mol. The number of hydrogen-bond donors (Lipinski definition) is 0. The van der Waals surface area contributed by atoms with E-state index in [1.807, 2.05) is 0 Å². The molecule has 0 aromatic carbocycles. The topological polar surface area (TPSA) is 9.23 Å². The molecule has 0 saturated carbocycles. The predicted octanol–water partition coefficient (Wildman–Crippen LogP) is 2.30. The van der Waals surface area contributed by atoms with Crippen LogP contribution in [0.5, 0.6) is 0 Å². The maximum Gasteiger partial charge on any atom is 0.246 e. The van der Waals surface area contributed by atoms with Crippen LogP contribution in [0.15, 0.2) is 0 Å². The van der Waals surface area contributed by atoms with Crippen LogP contribution in [0.3, 0.4) is 0 Å². The van der Waals surface area contributed by atoms with E-state index in [0.717, 1.165) is 12.5 Å². The number of hydrogen-bond acceptors (Lipinski definition) is 1. The normalized spacial score (nSPS) is 13.5. The van der Waals surface area contributed by atoms with Crippen LogP contribution in [0.1, 0.15) is 39.5 Å². The monoisotopic (exact) mass is 157 g/mol. The average Bonchev–Trinajstić information content (AvgIpc) is 1.98. The van der Waals surface area contributed by atoms with E-state index in [9.17, 15) is 0 Å². The van der Waals surface area contributed by atoms with Gasteiger partial charge in [-0.05, 0) is 12.3 Å². The Balaban J connectivity index is 3.21. The molecule has 0 spiro atoms. The van der Waals surface area contributed by atoms with Crippen molar-refractivity contribution in [1.82, 2.24) is 0 Å². The third-order valence-corrected chi connectivity index (χ3v) is 2.03. The molecule has 0 aliphatic carbocycles. The minimum Gasteiger partial charge on any atom is -0.418 e. The van der Waals surface area contributed by atoms with Crippen LogP contribution in [0.25, 0.3) is 0 Å². The summed E-state index contributed by atoms with van der Waals surface area (Å²) in [6.07, 6.45) is 5.15. The average molecular weight is 157 g/mol. The fourth-order valence-electron chi connectivity index (χ4n) is 1.02. The Morgan fingerprint density at radius 3 is 2.50 bits per heavy atom. The van der Waals surface area contributed by atoms with Crippen molar-refractivity contribution in [3.05, 3.63) is 0 Å². The molecule has 0 bridgehead atoms. The van der Waals surface area contributed by atoms with Crippen molar-refractivity contribution in [1.29, 1.82) is 0 Å². The highest BCUT2D eigenvalue weighted by Crippen LogP contribution is 2.11. The molecule has 0 N–H and O–H groups in total. The molecule has 0 aromatic heterocycles. The van der Waals surface area contributed by atoms with Gasteiger partial charge in [0.2, 0.25) is 10.5 Å². The Bertz CT molecular complexity index is 66.3. The van der Waals surface area contributed by atoms with Gasteiger partial charge in [-0.15, -0.1) is 0 Å². The molecule has 0 aromatic rings. The largest absolute Gasteiger partial charge is 0.418 e. The molecule has 1 atom stereocenters. The zero-order valence-electron chi connectivity index (χ0n) is 7.02. The first-order chi connectivity index (χ1) is 4.85. The van der Waals surface area contributed by atoms with Gasteiger partial charge in [0.15, 0.2) is 0 Å². The molecule has 0 heterocycles. The van der Waals surface area contributed by atoms with E-state index in [-0.39, 0.29) is 0 Å². The van der Waals surface area contributed by atoms with Crippen LogP contribution in [-0.4, -0.2) is 17.1 Å². The Morgan fingerprint density at radius 1 is 1.40 bits per heavy atom. The van der Waals surface area contributed by atoms with Crippen molar-refractivity contribution in [2.45, 2.75) is 39.5 Å². The van der Waals surface area contributed by atoms with Gasteiger partial charge in [-0.25, -0.2) is 0 Å². The summed E-state index contributed by atoms with van der Waals surface area (Å²) in [6.45, 7) is 5.29. The van der Waals surface area contributed by atoms with E-state index in [0.29, 0.717) is 0 Å². The predicted molar refractivity (Wildman–Crippen MR) is 45.0 cm³/mol. The van der Waals surface area contributed by atoms with Gasteiger partial charge in [0.1, 0.15) is 0 Å². The van der Waals surface area contributed by atoms with Crippen molar-refractivity contribution in [3.63, 3.8) is 0 Å². The lowest BCUT2D eigenvalue weighted by molar-refractivity contribution is 0.251. The van der Waals surface area contributed by atoms with Crippen molar-refractivity contribution in [2.75, 3.05) is 6.61 Å². The highest BCUT2D eigenvalue weighted by atomic mass is 28.2. The van der Waals surface area contributed by atoms with Gasteiger partial charge in [0.05, 0.1) is 0 Å². The van der Waals surface area contributed by atoms with Crippen LogP contribution in [0.4, 0.5) is 0 Å². The van der Waals surface area contributed by atoms with Crippen molar-refractivity contribution >= 4 is 10.5 Å². The number of rotatable bonds is 6. The lowest BCUT2D eigenvalue weighted by Gasteiger charge is -2.12. The molecule has 1 unspecified atom stereocenters. The summed E-state index contributed by atoms with van der Waals surface area (Å²) in [5.41, 5.74) is 0. The Kier molecular flexibility index (Phi) is 7.41. The third kappa shape index (κ3) is 5.00. The molecule has 59 valence electrons. The van der Waals surface area contributed by atoms with Crippen LogP contribution >= 0.6 is 0 Å². The fraction of sp³-hybridized carbons (Fsp3) is 1.00. The second-order valence-corrected chi connectivity index (χ2v) is 3.02. The van der Waals surface area contributed by atoms with E-state index in [1.54, 1.807) is 0 Å². The molecule has 0 amide bonds. The smallest absolute Gasteiger partial charge is 0.246 e.